The minimum atomic E-state index is -0.596. The number of methoxy groups -OCH3 is 1. The molecule has 0 bridgehead atoms. The van der Waals surface area contributed by atoms with Gasteiger partial charge in [0.25, 0.3) is 0 Å². The van der Waals surface area contributed by atoms with Gasteiger partial charge in [0, 0.05) is 12.5 Å². The summed E-state index contributed by atoms with van der Waals surface area (Å²) in [7, 11) is 1.60. The van der Waals surface area contributed by atoms with Crippen LogP contribution in [0, 0.1) is 5.92 Å². The topological polar surface area (TPSA) is 58.9 Å². The molecule has 3 unspecified atom stereocenters. The Balaban J connectivity index is 1.99. The van der Waals surface area contributed by atoms with Crippen molar-refractivity contribution >= 4 is 0 Å². The molecule has 100 valence electrons. The molecule has 1 aromatic rings. The van der Waals surface area contributed by atoms with Gasteiger partial charge in [0.05, 0.1) is 25.9 Å². The Morgan fingerprint density at radius 2 is 2.33 bits per heavy atom. The van der Waals surface area contributed by atoms with Crippen molar-refractivity contribution < 1.29 is 19.7 Å². The molecule has 1 heterocycles. The SMILES string of the molecule is COc1cccc(C(O)CC2COCCC2O)c1. The fraction of sp³-hybridized carbons (Fsp3) is 0.571. The van der Waals surface area contributed by atoms with Gasteiger partial charge in [-0.2, -0.15) is 0 Å². The van der Waals surface area contributed by atoms with Gasteiger partial charge in [-0.05, 0) is 30.5 Å². The summed E-state index contributed by atoms with van der Waals surface area (Å²) >= 11 is 0. The number of benzene rings is 1. The lowest BCUT2D eigenvalue weighted by molar-refractivity contribution is -0.0520. The van der Waals surface area contributed by atoms with Crippen LogP contribution in [0.1, 0.15) is 24.5 Å². The van der Waals surface area contributed by atoms with Crippen molar-refractivity contribution in [3.05, 3.63) is 29.8 Å². The van der Waals surface area contributed by atoms with Gasteiger partial charge in [-0.15, -0.1) is 0 Å². The molecule has 0 radical (unpaired) electrons. The molecule has 4 nitrogen and oxygen atoms in total. The van der Waals surface area contributed by atoms with Crippen LogP contribution >= 0.6 is 0 Å². The number of hydrogen-bond donors (Lipinski definition) is 2. The molecule has 1 aliphatic heterocycles. The molecule has 1 fully saturated rings. The van der Waals surface area contributed by atoms with Gasteiger partial charge < -0.3 is 19.7 Å². The number of aliphatic hydroxyl groups is 2. The zero-order chi connectivity index (χ0) is 13.0. The highest BCUT2D eigenvalue weighted by Gasteiger charge is 2.26. The van der Waals surface area contributed by atoms with Crippen LogP contribution in [0.15, 0.2) is 24.3 Å². The van der Waals surface area contributed by atoms with Crippen LogP contribution < -0.4 is 4.74 Å². The molecule has 0 aromatic heterocycles. The Labute approximate surface area is 107 Å². The second-order valence-electron chi connectivity index (χ2n) is 4.72. The summed E-state index contributed by atoms with van der Waals surface area (Å²) in [5.41, 5.74) is 0.812. The van der Waals surface area contributed by atoms with E-state index in [0.717, 1.165) is 11.3 Å². The van der Waals surface area contributed by atoms with E-state index in [0.29, 0.717) is 26.1 Å². The van der Waals surface area contributed by atoms with Crippen molar-refractivity contribution in [2.75, 3.05) is 20.3 Å². The number of aliphatic hydroxyl groups excluding tert-OH is 2. The van der Waals surface area contributed by atoms with E-state index >= 15 is 0 Å². The van der Waals surface area contributed by atoms with Gasteiger partial charge in [-0.1, -0.05) is 12.1 Å². The summed E-state index contributed by atoms with van der Waals surface area (Å²) in [4.78, 5) is 0. The van der Waals surface area contributed by atoms with Crippen LogP contribution in [0.5, 0.6) is 5.75 Å². The molecule has 1 saturated heterocycles. The zero-order valence-corrected chi connectivity index (χ0v) is 10.6. The van der Waals surface area contributed by atoms with Crippen molar-refractivity contribution in [1.29, 1.82) is 0 Å². The monoisotopic (exact) mass is 252 g/mol. The lowest BCUT2D eigenvalue weighted by Crippen LogP contribution is -2.32. The average molecular weight is 252 g/mol. The molecular weight excluding hydrogens is 232 g/mol. The molecule has 0 saturated carbocycles. The Morgan fingerprint density at radius 1 is 1.50 bits per heavy atom. The zero-order valence-electron chi connectivity index (χ0n) is 10.6. The molecular formula is C14H20O4. The van der Waals surface area contributed by atoms with E-state index in [4.69, 9.17) is 9.47 Å². The van der Waals surface area contributed by atoms with Crippen LogP contribution in [-0.4, -0.2) is 36.6 Å². The van der Waals surface area contributed by atoms with Gasteiger partial charge >= 0.3 is 0 Å². The third-order valence-corrected chi connectivity index (χ3v) is 3.44. The third kappa shape index (κ3) is 3.22. The Bertz CT molecular complexity index is 380. The first kappa shape index (κ1) is 13.3. The molecule has 0 amide bonds. The maximum atomic E-state index is 10.2. The first-order valence-electron chi connectivity index (χ1n) is 6.28. The molecule has 4 heteroatoms. The molecule has 1 aromatic carbocycles. The van der Waals surface area contributed by atoms with Crippen LogP contribution in [0.3, 0.4) is 0 Å². The fourth-order valence-corrected chi connectivity index (χ4v) is 2.28. The summed E-state index contributed by atoms with van der Waals surface area (Å²) in [6.45, 7) is 1.12. The first-order chi connectivity index (χ1) is 8.70. The lowest BCUT2D eigenvalue weighted by atomic mass is 9.90. The quantitative estimate of drug-likeness (QED) is 0.853. The van der Waals surface area contributed by atoms with Gasteiger partial charge in [0.2, 0.25) is 0 Å². The van der Waals surface area contributed by atoms with Gasteiger partial charge in [-0.3, -0.25) is 0 Å². The predicted molar refractivity (Wildman–Crippen MR) is 67.5 cm³/mol. The van der Waals surface area contributed by atoms with Crippen LogP contribution in [0.2, 0.25) is 0 Å². The second kappa shape index (κ2) is 6.18. The minimum Gasteiger partial charge on any atom is -0.497 e. The van der Waals surface area contributed by atoms with Gasteiger partial charge in [-0.25, -0.2) is 0 Å². The normalized spacial score (nSPS) is 25.7. The molecule has 0 aliphatic carbocycles. The van der Waals surface area contributed by atoms with E-state index in [2.05, 4.69) is 0 Å². The van der Waals surface area contributed by atoms with Crippen molar-refractivity contribution in [3.63, 3.8) is 0 Å². The summed E-state index contributed by atoms with van der Waals surface area (Å²) in [6, 6.07) is 7.38. The Kier molecular flexibility index (Phi) is 4.58. The van der Waals surface area contributed by atoms with E-state index in [1.54, 1.807) is 7.11 Å². The van der Waals surface area contributed by atoms with Crippen LogP contribution in [-0.2, 0) is 4.74 Å². The van der Waals surface area contributed by atoms with Crippen LogP contribution in [0.4, 0.5) is 0 Å². The molecule has 3 atom stereocenters. The Hall–Kier alpha value is -1.10. The lowest BCUT2D eigenvalue weighted by Gasteiger charge is -2.29. The van der Waals surface area contributed by atoms with E-state index < -0.39 is 6.10 Å². The van der Waals surface area contributed by atoms with E-state index in [9.17, 15) is 10.2 Å². The predicted octanol–water partition coefficient (Wildman–Crippen LogP) is 1.52. The average Bonchev–Trinajstić information content (AvgIpc) is 2.41. The van der Waals surface area contributed by atoms with Crippen molar-refractivity contribution in [3.8, 4) is 5.75 Å². The molecule has 18 heavy (non-hydrogen) atoms. The summed E-state index contributed by atoms with van der Waals surface area (Å²) in [5.74, 6) is 0.729. The maximum Gasteiger partial charge on any atom is 0.119 e. The third-order valence-electron chi connectivity index (χ3n) is 3.44. The van der Waals surface area contributed by atoms with Crippen molar-refractivity contribution in [2.24, 2.45) is 5.92 Å². The smallest absolute Gasteiger partial charge is 0.119 e. The molecule has 1 aliphatic rings. The highest BCUT2D eigenvalue weighted by molar-refractivity contribution is 5.29. The number of ether oxygens (including phenoxy) is 2. The largest absolute Gasteiger partial charge is 0.497 e. The number of hydrogen-bond acceptors (Lipinski definition) is 4. The first-order valence-corrected chi connectivity index (χ1v) is 6.28. The summed E-state index contributed by atoms with van der Waals surface area (Å²) < 4.78 is 10.5. The second-order valence-corrected chi connectivity index (χ2v) is 4.72. The summed E-state index contributed by atoms with van der Waals surface area (Å²) in [6.07, 6.45) is 0.185. The van der Waals surface area contributed by atoms with E-state index in [1.807, 2.05) is 24.3 Å². The minimum absolute atomic E-state index is 0.0000454. The van der Waals surface area contributed by atoms with Crippen molar-refractivity contribution in [1.82, 2.24) is 0 Å². The van der Waals surface area contributed by atoms with Gasteiger partial charge in [0.15, 0.2) is 0 Å². The van der Waals surface area contributed by atoms with E-state index in [1.165, 1.54) is 0 Å². The van der Waals surface area contributed by atoms with E-state index in [-0.39, 0.29) is 12.0 Å². The highest BCUT2D eigenvalue weighted by atomic mass is 16.5. The van der Waals surface area contributed by atoms with Gasteiger partial charge in [0.1, 0.15) is 5.75 Å². The standard InChI is InChI=1S/C14H20O4/c1-17-12-4-2-3-10(7-12)14(16)8-11-9-18-6-5-13(11)15/h2-4,7,11,13-16H,5-6,8-9H2,1H3. The molecule has 2 N–H and O–H groups in total. The molecule has 2 rings (SSSR count). The number of rotatable bonds is 4. The summed E-state index contributed by atoms with van der Waals surface area (Å²) in [5, 5.41) is 20.0. The fourth-order valence-electron chi connectivity index (χ4n) is 2.28. The van der Waals surface area contributed by atoms with Crippen molar-refractivity contribution in [2.45, 2.75) is 25.0 Å². The molecule has 0 spiro atoms. The highest BCUT2D eigenvalue weighted by Crippen LogP contribution is 2.28. The maximum absolute atomic E-state index is 10.2. The Morgan fingerprint density at radius 3 is 3.06 bits per heavy atom. The van der Waals surface area contributed by atoms with Crippen LogP contribution in [0.25, 0.3) is 0 Å².